The SMILES string of the molecule is CSc1c2sc(C3=C(C(=O)O)N4C(=O)[C@H]([C@@H](C)O)[C@H]4[C@H]3C)cn2c[n+]1[C@@H]1CN[C@H](C(=O)O)C1. The van der Waals surface area contributed by atoms with Gasteiger partial charge in [-0.25, -0.2) is 9.36 Å². The second kappa shape index (κ2) is 7.83. The Morgan fingerprint density at radius 3 is 2.67 bits per heavy atom. The molecule has 3 aliphatic rings. The maximum atomic E-state index is 12.6. The maximum absolute atomic E-state index is 12.6. The van der Waals surface area contributed by atoms with Crippen molar-refractivity contribution < 1.29 is 34.3 Å². The molecule has 2 fully saturated rings. The minimum absolute atomic E-state index is 0.00164. The summed E-state index contributed by atoms with van der Waals surface area (Å²) in [5.74, 6) is -3.17. The van der Waals surface area contributed by atoms with E-state index in [0.717, 1.165) is 14.7 Å². The van der Waals surface area contributed by atoms with E-state index >= 15 is 0 Å². The van der Waals surface area contributed by atoms with Crippen LogP contribution in [0.1, 0.15) is 31.2 Å². The van der Waals surface area contributed by atoms with E-state index in [1.807, 2.05) is 30.1 Å². The molecule has 2 aromatic heterocycles. The Labute approximate surface area is 197 Å². The van der Waals surface area contributed by atoms with E-state index < -0.39 is 30.0 Å². The van der Waals surface area contributed by atoms with Gasteiger partial charge in [0.2, 0.25) is 15.8 Å². The average Bonchev–Trinajstić information content (AvgIpc) is 3.47. The van der Waals surface area contributed by atoms with Gasteiger partial charge < -0.3 is 25.5 Å². The number of nitrogens with zero attached hydrogens (tertiary/aromatic N) is 3. The number of hydrogen-bond donors (Lipinski definition) is 4. The smallest absolute Gasteiger partial charge is 0.352 e. The highest BCUT2D eigenvalue weighted by Crippen LogP contribution is 2.51. The first-order valence-corrected chi connectivity index (χ1v) is 12.7. The Morgan fingerprint density at radius 1 is 1.36 bits per heavy atom. The Balaban J connectivity index is 1.55. The minimum Gasteiger partial charge on any atom is -0.480 e. The molecule has 0 saturated carbocycles. The van der Waals surface area contributed by atoms with Gasteiger partial charge in [-0.3, -0.25) is 9.59 Å². The number of β-lactam (4-membered cyclic amide) rings is 1. The molecule has 0 unspecified atom stereocenters. The van der Waals surface area contributed by atoms with Crippen LogP contribution in [-0.4, -0.2) is 73.5 Å². The first-order valence-electron chi connectivity index (χ1n) is 10.7. The van der Waals surface area contributed by atoms with Gasteiger partial charge in [0.1, 0.15) is 24.0 Å². The molecule has 4 N–H and O–H groups in total. The fourth-order valence-corrected chi connectivity index (χ4v) is 7.72. The number of imidazole rings is 1. The summed E-state index contributed by atoms with van der Waals surface area (Å²) in [5, 5.41) is 33.3. The Morgan fingerprint density at radius 2 is 2.09 bits per heavy atom. The molecule has 6 atom stereocenters. The molecule has 3 aliphatic heterocycles. The van der Waals surface area contributed by atoms with Gasteiger partial charge in [0.25, 0.3) is 6.33 Å². The molecule has 1 amide bonds. The third-order valence-electron chi connectivity index (χ3n) is 7.00. The zero-order valence-corrected chi connectivity index (χ0v) is 19.9. The number of nitrogens with one attached hydrogen (secondary N) is 1. The van der Waals surface area contributed by atoms with Crippen molar-refractivity contribution in [2.75, 3.05) is 12.8 Å². The molecule has 2 aromatic rings. The van der Waals surface area contributed by atoms with Gasteiger partial charge in [-0.1, -0.05) is 30.0 Å². The van der Waals surface area contributed by atoms with Gasteiger partial charge in [0.05, 0.1) is 22.9 Å². The molecule has 176 valence electrons. The van der Waals surface area contributed by atoms with Crippen molar-refractivity contribution in [3.05, 3.63) is 23.1 Å². The highest BCUT2D eigenvalue weighted by Gasteiger charge is 2.60. The summed E-state index contributed by atoms with van der Waals surface area (Å²) >= 11 is 3.02. The molecule has 0 aromatic carbocycles. The molecule has 5 heterocycles. The summed E-state index contributed by atoms with van der Waals surface area (Å²) in [6.45, 7) is 4.03. The molecule has 0 radical (unpaired) electrons. The third kappa shape index (κ3) is 3.15. The van der Waals surface area contributed by atoms with E-state index in [1.54, 1.807) is 18.7 Å². The first kappa shape index (κ1) is 22.4. The highest BCUT2D eigenvalue weighted by molar-refractivity contribution is 7.98. The van der Waals surface area contributed by atoms with Gasteiger partial charge in [0, 0.05) is 24.5 Å². The molecule has 10 nitrogen and oxygen atoms in total. The molecule has 2 saturated heterocycles. The number of fused-ring (bicyclic) bond motifs is 2. The zero-order valence-electron chi connectivity index (χ0n) is 18.3. The quantitative estimate of drug-likeness (QED) is 0.262. The minimum atomic E-state index is -1.15. The molecular formula is C21H25N4O6S2+. The summed E-state index contributed by atoms with van der Waals surface area (Å²) in [4.78, 5) is 39.2. The van der Waals surface area contributed by atoms with Crippen LogP contribution in [0.25, 0.3) is 10.4 Å². The summed E-state index contributed by atoms with van der Waals surface area (Å²) in [7, 11) is 0. The van der Waals surface area contributed by atoms with Gasteiger partial charge in [-0.2, -0.15) is 4.40 Å². The second-order valence-corrected chi connectivity index (χ2v) is 10.7. The van der Waals surface area contributed by atoms with Crippen molar-refractivity contribution in [3.63, 3.8) is 0 Å². The molecule has 5 rings (SSSR count). The predicted molar refractivity (Wildman–Crippen MR) is 120 cm³/mol. The van der Waals surface area contributed by atoms with E-state index in [-0.39, 0.29) is 29.6 Å². The van der Waals surface area contributed by atoms with Crippen LogP contribution in [0.4, 0.5) is 0 Å². The van der Waals surface area contributed by atoms with Crippen molar-refractivity contribution in [2.24, 2.45) is 11.8 Å². The van der Waals surface area contributed by atoms with Gasteiger partial charge in [-0.15, -0.1) is 0 Å². The van der Waals surface area contributed by atoms with E-state index in [2.05, 4.69) is 9.88 Å². The highest BCUT2D eigenvalue weighted by atomic mass is 32.2. The van der Waals surface area contributed by atoms with E-state index in [4.69, 9.17) is 0 Å². The maximum Gasteiger partial charge on any atom is 0.352 e. The van der Waals surface area contributed by atoms with Crippen molar-refractivity contribution >= 4 is 51.3 Å². The fraction of sp³-hybridized carbons (Fsp3) is 0.524. The van der Waals surface area contributed by atoms with Crippen LogP contribution in [0.2, 0.25) is 0 Å². The van der Waals surface area contributed by atoms with Crippen LogP contribution in [0.15, 0.2) is 23.2 Å². The number of carbonyl (C=O) groups excluding carboxylic acids is 1. The summed E-state index contributed by atoms with van der Waals surface area (Å²) in [6, 6.07) is -0.922. The Kier molecular flexibility index (Phi) is 5.31. The van der Waals surface area contributed by atoms with Crippen molar-refractivity contribution in [1.29, 1.82) is 0 Å². The van der Waals surface area contributed by atoms with E-state index in [1.165, 1.54) is 16.2 Å². The molecule has 0 aliphatic carbocycles. The van der Waals surface area contributed by atoms with Crippen molar-refractivity contribution in [1.82, 2.24) is 14.6 Å². The molecule has 33 heavy (non-hydrogen) atoms. The van der Waals surface area contributed by atoms with Crippen LogP contribution in [0.5, 0.6) is 0 Å². The number of carbonyl (C=O) groups is 3. The number of aliphatic hydroxyl groups is 1. The first-order chi connectivity index (χ1) is 15.6. The van der Waals surface area contributed by atoms with Crippen LogP contribution in [-0.2, 0) is 14.4 Å². The number of aromatic nitrogens is 2. The number of rotatable bonds is 6. The van der Waals surface area contributed by atoms with E-state index in [0.29, 0.717) is 18.5 Å². The van der Waals surface area contributed by atoms with Crippen molar-refractivity contribution in [3.8, 4) is 0 Å². The monoisotopic (exact) mass is 493 g/mol. The number of carboxylic acids is 2. The number of thioether (sulfide) groups is 1. The molecule has 0 bridgehead atoms. The Hall–Kier alpha value is -2.41. The summed E-state index contributed by atoms with van der Waals surface area (Å²) in [5.41, 5.74) is 0.617. The van der Waals surface area contributed by atoms with Gasteiger partial charge >= 0.3 is 11.9 Å². The molecular weight excluding hydrogens is 468 g/mol. The summed E-state index contributed by atoms with van der Waals surface area (Å²) in [6.07, 6.45) is 5.42. The number of hydrogen-bond acceptors (Lipinski definition) is 7. The number of thiazole rings is 1. The van der Waals surface area contributed by atoms with Crippen LogP contribution < -0.4 is 9.88 Å². The zero-order chi connectivity index (χ0) is 23.8. The van der Waals surface area contributed by atoms with Gasteiger partial charge in [0.15, 0.2) is 0 Å². The standard InChI is InChI=1S/C21H24N4O6S2/c1-8-13(16(21(30)31)25-15(8)14(9(2)26)17(25)27)12-6-23-7-24(19(32-3)18(23)33-12)10-4-11(20(28)29)22-5-10/h6-11,14-15,22,26H,4-5H2,1-3H3,(H-,28,29,30,31)/p+1/t8-,9+,10-,11-,14+,15+/m0/s1. The third-order valence-corrected chi connectivity index (χ3v) is 9.06. The lowest BCUT2D eigenvalue weighted by Crippen LogP contribution is -2.63. The largest absolute Gasteiger partial charge is 0.480 e. The number of amides is 1. The van der Waals surface area contributed by atoms with Gasteiger partial charge in [-0.05, 0) is 13.2 Å². The second-order valence-electron chi connectivity index (χ2n) is 8.85. The fourth-order valence-electron chi connectivity index (χ4n) is 5.49. The Bertz CT molecular complexity index is 1220. The van der Waals surface area contributed by atoms with Crippen LogP contribution in [0.3, 0.4) is 0 Å². The number of aliphatic carboxylic acids is 2. The number of carboxylic acid groups (broad SMARTS) is 2. The van der Waals surface area contributed by atoms with Crippen LogP contribution in [0, 0.1) is 11.8 Å². The predicted octanol–water partition coefficient (Wildman–Crippen LogP) is 0.651. The lowest BCUT2D eigenvalue weighted by atomic mass is 9.77. The molecule has 12 heteroatoms. The van der Waals surface area contributed by atoms with Crippen molar-refractivity contribution in [2.45, 2.75) is 49.5 Å². The van der Waals surface area contributed by atoms with Crippen LogP contribution >= 0.6 is 23.1 Å². The normalized spacial score (nSPS) is 30.1. The average molecular weight is 494 g/mol. The molecule has 0 spiro atoms. The van der Waals surface area contributed by atoms with E-state index in [9.17, 15) is 29.7 Å². The summed E-state index contributed by atoms with van der Waals surface area (Å²) < 4.78 is 4.03. The lowest BCUT2D eigenvalue weighted by molar-refractivity contribution is -0.750. The number of aliphatic hydroxyl groups excluding tert-OH is 1. The lowest BCUT2D eigenvalue weighted by Gasteiger charge is -2.46. The topological polar surface area (TPSA) is 135 Å².